The zero-order valence-electron chi connectivity index (χ0n) is 11.3. The first-order valence-corrected chi connectivity index (χ1v) is 6.67. The van der Waals surface area contributed by atoms with E-state index in [1.165, 1.54) is 0 Å². The van der Waals surface area contributed by atoms with Crippen LogP contribution in [0.25, 0.3) is 16.9 Å². The van der Waals surface area contributed by atoms with Crippen molar-refractivity contribution < 1.29 is 4.74 Å². The molecule has 0 radical (unpaired) electrons. The smallest absolute Gasteiger partial charge is 0.128 e. The number of nitrogens with two attached hydrogens (primary N) is 1. The van der Waals surface area contributed by atoms with Gasteiger partial charge in [0.2, 0.25) is 0 Å². The van der Waals surface area contributed by atoms with Gasteiger partial charge in [0.1, 0.15) is 11.4 Å². The Morgan fingerprint density at radius 1 is 1.14 bits per heavy atom. The maximum Gasteiger partial charge on any atom is 0.128 e. The summed E-state index contributed by atoms with van der Waals surface area (Å²) in [6.07, 6.45) is 1.82. The monoisotopic (exact) mass is 300 g/mol. The molecular formula is C15H13ClN4O. The average molecular weight is 301 g/mol. The molecule has 1 heterocycles. The summed E-state index contributed by atoms with van der Waals surface area (Å²) >= 11 is 6.04. The normalized spacial score (nSPS) is 10.6. The quantitative estimate of drug-likeness (QED) is 0.754. The van der Waals surface area contributed by atoms with Crippen LogP contribution in [0.4, 0.5) is 5.69 Å². The van der Waals surface area contributed by atoms with E-state index in [1.807, 2.05) is 30.5 Å². The largest absolute Gasteiger partial charge is 0.496 e. The number of benzene rings is 2. The number of halogens is 1. The van der Waals surface area contributed by atoms with E-state index in [0.717, 1.165) is 11.3 Å². The van der Waals surface area contributed by atoms with E-state index in [-0.39, 0.29) is 0 Å². The SMILES string of the molecule is COc1ccc(Cl)cc1-c1cn(-c2ccc(N)cc2)nn1. The van der Waals surface area contributed by atoms with E-state index < -0.39 is 0 Å². The van der Waals surface area contributed by atoms with E-state index in [9.17, 15) is 0 Å². The molecule has 6 heteroatoms. The second kappa shape index (κ2) is 5.46. The molecule has 0 aliphatic heterocycles. The maximum absolute atomic E-state index is 6.04. The number of anilines is 1. The Labute approximate surface area is 126 Å². The third-order valence-electron chi connectivity index (χ3n) is 3.09. The van der Waals surface area contributed by atoms with Crippen LogP contribution in [0.5, 0.6) is 5.75 Å². The highest BCUT2D eigenvalue weighted by atomic mass is 35.5. The molecule has 0 amide bonds. The number of nitrogens with zero attached hydrogens (tertiary/aromatic N) is 3. The van der Waals surface area contributed by atoms with Gasteiger partial charge >= 0.3 is 0 Å². The van der Waals surface area contributed by atoms with Crippen LogP contribution >= 0.6 is 11.6 Å². The minimum atomic E-state index is 0.618. The van der Waals surface area contributed by atoms with Crippen LogP contribution < -0.4 is 10.5 Å². The summed E-state index contributed by atoms with van der Waals surface area (Å²) in [5.74, 6) is 0.698. The molecule has 5 nitrogen and oxygen atoms in total. The number of aromatic nitrogens is 3. The molecule has 0 spiro atoms. The molecule has 106 valence electrons. The van der Waals surface area contributed by atoms with Gasteiger partial charge in [0.25, 0.3) is 0 Å². The molecule has 0 atom stereocenters. The van der Waals surface area contributed by atoms with E-state index in [4.69, 9.17) is 22.1 Å². The van der Waals surface area contributed by atoms with Crippen LogP contribution in [0, 0.1) is 0 Å². The second-order valence-corrected chi connectivity index (χ2v) is 4.92. The van der Waals surface area contributed by atoms with Gasteiger partial charge in [0.05, 0.1) is 19.0 Å². The molecule has 3 rings (SSSR count). The van der Waals surface area contributed by atoms with Crippen LogP contribution in [0.2, 0.25) is 5.02 Å². The third-order valence-corrected chi connectivity index (χ3v) is 3.32. The number of methoxy groups -OCH3 is 1. The van der Waals surface area contributed by atoms with Crippen LogP contribution in [-0.4, -0.2) is 22.1 Å². The van der Waals surface area contributed by atoms with Gasteiger partial charge in [-0.25, -0.2) is 4.68 Å². The zero-order valence-corrected chi connectivity index (χ0v) is 12.1. The van der Waals surface area contributed by atoms with Gasteiger partial charge in [-0.2, -0.15) is 0 Å². The first-order valence-electron chi connectivity index (χ1n) is 6.29. The summed E-state index contributed by atoms with van der Waals surface area (Å²) in [6, 6.07) is 12.8. The Morgan fingerprint density at radius 3 is 2.62 bits per heavy atom. The van der Waals surface area contributed by atoms with Crippen molar-refractivity contribution in [2.45, 2.75) is 0 Å². The third kappa shape index (κ3) is 2.68. The molecule has 2 aromatic carbocycles. The average Bonchev–Trinajstić information content (AvgIpc) is 2.97. The predicted molar refractivity (Wildman–Crippen MR) is 82.8 cm³/mol. The standard InChI is InChI=1S/C15H13ClN4O/c1-21-15-7-2-10(16)8-13(15)14-9-20(19-18-14)12-5-3-11(17)4-6-12/h2-9H,17H2,1H3. The molecule has 0 saturated carbocycles. The molecule has 3 aromatic rings. The fraction of sp³-hybridized carbons (Fsp3) is 0.0667. The van der Waals surface area contributed by atoms with E-state index in [0.29, 0.717) is 22.2 Å². The van der Waals surface area contributed by atoms with Crippen molar-refractivity contribution in [1.29, 1.82) is 0 Å². The molecule has 0 aliphatic carbocycles. The lowest BCUT2D eigenvalue weighted by Crippen LogP contribution is -1.95. The van der Waals surface area contributed by atoms with Crippen LogP contribution in [0.15, 0.2) is 48.7 Å². The Hall–Kier alpha value is -2.53. The molecule has 2 N–H and O–H groups in total. The first kappa shape index (κ1) is 13.5. The van der Waals surface area contributed by atoms with Crippen molar-refractivity contribution >= 4 is 17.3 Å². The molecule has 21 heavy (non-hydrogen) atoms. The Balaban J connectivity index is 2.02. The molecule has 0 fully saturated rings. The minimum Gasteiger partial charge on any atom is -0.496 e. The van der Waals surface area contributed by atoms with Gasteiger partial charge in [-0.05, 0) is 42.5 Å². The fourth-order valence-corrected chi connectivity index (χ4v) is 2.19. The van der Waals surface area contributed by atoms with Gasteiger partial charge < -0.3 is 10.5 Å². The number of rotatable bonds is 3. The Kier molecular flexibility index (Phi) is 3.50. The lowest BCUT2D eigenvalue weighted by Gasteiger charge is -2.05. The summed E-state index contributed by atoms with van der Waals surface area (Å²) < 4.78 is 7.01. The van der Waals surface area contributed by atoms with Gasteiger partial charge in [0.15, 0.2) is 0 Å². The maximum atomic E-state index is 6.04. The van der Waals surface area contributed by atoms with E-state index in [1.54, 1.807) is 30.0 Å². The lowest BCUT2D eigenvalue weighted by molar-refractivity contribution is 0.416. The Morgan fingerprint density at radius 2 is 1.90 bits per heavy atom. The van der Waals surface area contributed by atoms with Crippen molar-refractivity contribution in [3.63, 3.8) is 0 Å². The summed E-state index contributed by atoms with van der Waals surface area (Å²) in [5.41, 5.74) is 8.75. The predicted octanol–water partition coefficient (Wildman–Crippen LogP) is 3.18. The molecular weight excluding hydrogens is 288 g/mol. The molecule has 0 saturated heterocycles. The lowest BCUT2D eigenvalue weighted by atomic mass is 10.1. The van der Waals surface area contributed by atoms with Crippen LogP contribution in [0.1, 0.15) is 0 Å². The van der Waals surface area contributed by atoms with Crippen molar-refractivity contribution in [2.75, 3.05) is 12.8 Å². The van der Waals surface area contributed by atoms with Crippen molar-refractivity contribution in [2.24, 2.45) is 0 Å². The summed E-state index contributed by atoms with van der Waals surface area (Å²) in [5, 5.41) is 8.92. The second-order valence-electron chi connectivity index (χ2n) is 4.48. The topological polar surface area (TPSA) is 66.0 Å². The van der Waals surface area contributed by atoms with Crippen molar-refractivity contribution in [3.8, 4) is 22.7 Å². The number of nitrogen functional groups attached to an aromatic ring is 1. The molecule has 0 bridgehead atoms. The summed E-state index contributed by atoms with van der Waals surface area (Å²) in [4.78, 5) is 0. The zero-order chi connectivity index (χ0) is 14.8. The number of ether oxygens (including phenoxy) is 1. The van der Waals surface area contributed by atoms with Gasteiger partial charge in [-0.3, -0.25) is 0 Å². The highest BCUT2D eigenvalue weighted by Crippen LogP contribution is 2.31. The first-order chi connectivity index (χ1) is 10.2. The van der Waals surface area contributed by atoms with Gasteiger partial charge in [0, 0.05) is 16.3 Å². The van der Waals surface area contributed by atoms with Gasteiger partial charge in [-0.15, -0.1) is 5.10 Å². The van der Waals surface area contributed by atoms with Crippen molar-refractivity contribution in [1.82, 2.24) is 15.0 Å². The van der Waals surface area contributed by atoms with Crippen molar-refractivity contribution in [3.05, 3.63) is 53.7 Å². The number of hydrogen-bond acceptors (Lipinski definition) is 4. The van der Waals surface area contributed by atoms with E-state index in [2.05, 4.69) is 10.3 Å². The Bertz CT molecular complexity index is 768. The fourth-order valence-electron chi connectivity index (χ4n) is 2.02. The highest BCUT2D eigenvalue weighted by molar-refractivity contribution is 6.30. The summed E-state index contributed by atoms with van der Waals surface area (Å²) in [7, 11) is 1.61. The number of hydrogen-bond donors (Lipinski definition) is 1. The van der Waals surface area contributed by atoms with Crippen LogP contribution in [0.3, 0.4) is 0 Å². The molecule has 0 aliphatic rings. The van der Waals surface area contributed by atoms with E-state index >= 15 is 0 Å². The minimum absolute atomic E-state index is 0.618. The summed E-state index contributed by atoms with van der Waals surface area (Å²) in [6.45, 7) is 0. The van der Waals surface area contributed by atoms with Crippen LogP contribution in [-0.2, 0) is 0 Å². The molecule has 1 aromatic heterocycles. The van der Waals surface area contributed by atoms with Gasteiger partial charge in [-0.1, -0.05) is 16.8 Å². The molecule has 0 unspecified atom stereocenters. The highest BCUT2D eigenvalue weighted by Gasteiger charge is 2.11.